The molecule has 1 aromatic heterocycles. The number of amidine groups is 1. The molecule has 2 rings (SSSR count). The van der Waals surface area contributed by atoms with E-state index in [2.05, 4.69) is 10.1 Å². The third kappa shape index (κ3) is 2.95. The largest absolute Gasteiger partial charge is 0.455 e. The first-order valence-electron chi connectivity index (χ1n) is 5.16. The Morgan fingerprint density at radius 1 is 1.26 bits per heavy atom. The van der Waals surface area contributed by atoms with Gasteiger partial charge in [-0.25, -0.2) is 8.78 Å². The molecule has 98 valence electrons. The smallest absolute Gasteiger partial charge is 0.173 e. The molecule has 0 radical (unpaired) electrons. The molecule has 0 aliphatic heterocycles. The minimum Gasteiger partial charge on any atom is -0.455 e. The van der Waals surface area contributed by atoms with Crippen molar-refractivity contribution in [3.8, 4) is 11.5 Å². The lowest BCUT2D eigenvalue weighted by atomic mass is 10.2. The maximum atomic E-state index is 13.0. The summed E-state index contributed by atoms with van der Waals surface area (Å²) < 4.78 is 31.3. The van der Waals surface area contributed by atoms with Crippen molar-refractivity contribution in [1.29, 1.82) is 0 Å². The van der Waals surface area contributed by atoms with Gasteiger partial charge in [-0.2, -0.15) is 0 Å². The topological polar surface area (TPSA) is 80.7 Å². The highest BCUT2D eigenvalue weighted by atomic mass is 19.1. The predicted molar refractivity (Wildman–Crippen MR) is 63.2 cm³/mol. The Labute approximate surface area is 107 Å². The van der Waals surface area contributed by atoms with Crippen LogP contribution in [0.3, 0.4) is 0 Å². The Kier molecular flexibility index (Phi) is 3.56. The van der Waals surface area contributed by atoms with E-state index in [0.717, 1.165) is 18.2 Å². The summed E-state index contributed by atoms with van der Waals surface area (Å²) in [5.41, 5.74) is 5.70. The zero-order valence-corrected chi connectivity index (χ0v) is 9.55. The van der Waals surface area contributed by atoms with E-state index in [0.29, 0.717) is 0 Å². The number of hydrogen-bond donors (Lipinski definition) is 2. The van der Waals surface area contributed by atoms with E-state index in [4.69, 9.17) is 15.7 Å². The van der Waals surface area contributed by atoms with Gasteiger partial charge in [-0.3, -0.25) is 4.98 Å². The number of benzene rings is 1. The van der Waals surface area contributed by atoms with Crippen molar-refractivity contribution < 1.29 is 18.7 Å². The van der Waals surface area contributed by atoms with E-state index in [1.54, 1.807) is 0 Å². The second-order valence-corrected chi connectivity index (χ2v) is 3.56. The lowest BCUT2D eigenvalue weighted by Crippen LogP contribution is -2.14. The lowest BCUT2D eigenvalue weighted by Gasteiger charge is -2.09. The van der Waals surface area contributed by atoms with Gasteiger partial charge in [-0.1, -0.05) is 5.16 Å². The van der Waals surface area contributed by atoms with Crippen molar-refractivity contribution in [2.24, 2.45) is 10.9 Å². The maximum absolute atomic E-state index is 13.0. The van der Waals surface area contributed by atoms with Crippen molar-refractivity contribution in [3.63, 3.8) is 0 Å². The average molecular weight is 265 g/mol. The first kappa shape index (κ1) is 12.7. The molecule has 0 aliphatic carbocycles. The highest BCUT2D eigenvalue weighted by Crippen LogP contribution is 2.25. The zero-order chi connectivity index (χ0) is 13.8. The van der Waals surface area contributed by atoms with Crippen molar-refractivity contribution in [1.82, 2.24) is 4.98 Å². The van der Waals surface area contributed by atoms with E-state index in [1.807, 2.05) is 0 Å². The molecule has 0 amide bonds. The Balaban J connectivity index is 2.38. The molecular weight excluding hydrogens is 256 g/mol. The number of pyridine rings is 1. The monoisotopic (exact) mass is 265 g/mol. The molecule has 0 saturated carbocycles. The van der Waals surface area contributed by atoms with Gasteiger partial charge in [0.05, 0.1) is 11.8 Å². The van der Waals surface area contributed by atoms with Gasteiger partial charge in [-0.15, -0.1) is 0 Å². The molecule has 1 aromatic carbocycles. The van der Waals surface area contributed by atoms with Crippen LogP contribution < -0.4 is 10.5 Å². The van der Waals surface area contributed by atoms with E-state index >= 15 is 0 Å². The molecule has 0 aliphatic rings. The zero-order valence-electron chi connectivity index (χ0n) is 9.55. The van der Waals surface area contributed by atoms with Crippen LogP contribution in [0.1, 0.15) is 5.56 Å². The molecule has 0 unspecified atom stereocenters. The van der Waals surface area contributed by atoms with Crippen LogP contribution in [0, 0.1) is 11.6 Å². The first-order chi connectivity index (χ1) is 9.10. The van der Waals surface area contributed by atoms with E-state index in [1.165, 1.54) is 18.5 Å². The summed E-state index contributed by atoms with van der Waals surface area (Å²) in [6, 6.07) is 4.18. The van der Waals surface area contributed by atoms with Crippen molar-refractivity contribution in [3.05, 3.63) is 53.9 Å². The fraction of sp³-hybridized carbons (Fsp3) is 0. The molecule has 0 saturated heterocycles. The normalized spacial score (nSPS) is 11.4. The molecule has 7 heteroatoms. The molecule has 0 bridgehead atoms. The summed E-state index contributed by atoms with van der Waals surface area (Å²) in [5, 5.41) is 11.5. The van der Waals surface area contributed by atoms with Gasteiger partial charge in [0.1, 0.15) is 17.4 Å². The fourth-order valence-corrected chi connectivity index (χ4v) is 1.44. The summed E-state index contributed by atoms with van der Waals surface area (Å²) in [6.07, 6.45) is 2.70. The summed E-state index contributed by atoms with van der Waals surface area (Å²) in [7, 11) is 0. The highest BCUT2D eigenvalue weighted by molar-refractivity contribution is 5.99. The predicted octanol–water partition coefficient (Wildman–Crippen LogP) is 2.25. The third-order valence-electron chi connectivity index (χ3n) is 2.23. The van der Waals surface area contributed by atoms with Gasteiger partial charge >= 0.3 is 0 Å². The quantitative estimate of drug-likeness (QED) is 0.386. The number of ether oxygens (including phenoxy) is 1. The van der Waals surface area contributed by atoms with Crippen LogP contribution in [0.25, 0.3) is 0 Å². The van der Waals surface area contributed by atoms with E-state index in [-0.39, 0.29) is 22.9 Å². The van der Waals surface area contributed by atoms with Crippen LogP contribution in [-0.4, -0.2) is 16.0 Å². The second-order valence-electron chi connectivity index (χ2n) is 3.56. The molecule has 0 fully saturated rings. The summed E-state index contributed by atoms with van der Waals surface area (Å²) in [6.45, 7) is 0. The van der Waals surface area contributed by atoms with Crippen LogP contribution in [-0.2, 0) is 0 Å². The summed E-state index contributed by atoms with van der Waals surface area (Å²) in [4.78, 5) is 3.80. The molecule has 0 atom stereocenters. The molecule has 3 N–H and O–H groups in total. The standard InChI is InChI=1S/C12H9F2N3O2/c13-7-3-8(14)5-9(4-7)19-11-6-16-2-1-10(11)12(15)17-18/h1-6,18H,(H2,15,17). The van der Waals surface area contributed by atoms with Crippen molar-refractivity contribution in [2.45, 2.75) is 0 Å². The lowest BCUT2D eigenvalue weighted by molar-refractivity contribution is 0.318. The first-order valence-corrected chi connectivity index (χ1v) is 5.16. The van der Waals surface area contributed by atoms with Gasteiger partial charge < -0.3 is 15.7 Å². The molecule has 19 heavy (non-hydrogen) atoms. The Morgan fingerprint density at radius 3 is 2.58 bits per heavy atom. The molecule has 2 aromatic rings. The summed E-state index contributed by atoms with van der Waals surface area (Å²) in [5.74, 6) is -1.69. The van der Waals surface area contributed by atoms with Gasteiger partial charge in [0, 0.05) is 24.4 Å². The molecule has 1 heterocycles. The highest BCUT2D eigenvalue weighted by Gasteiger charge is 2.10. The maximum Gasteiger partial charge on any atom is 0.173 e. The van der Waals surface area contributed by atoms with Gasteiger partial charge in [-0.05, 0) is 6.07 Å². The number of hydrogen-bond acceptors (Lipinski definition) is 4. The third-order valence-corrected chi connectivity index (χ3v) is 2.23. The number of nitrogens with two attached hydrogens (primary N) is 1. The minimum absolute atomic E-state index is 0.0579. The van der Waals surface area contributed by atoms with Crippen LogP contribution >= 0.6 is 0 Å². The Morgan fingerprint density at radius 2 is 1.95 bits per heavy atom. The second kappa shape index (κ2) is 5.30. The van der Waals surface area contributed by atoms with Crippen LogP contribution in [0.5, 0.6) is 11.5 Å². The van der Waals surface area contributed by atoms with E-state index in [9.17, 15) is 8.78 Å². The van der Waals surface area contributed by atoms with Gasteiger partial charge in [0.25, 0.3) is 0 Å². The molecule has 5 nitrogen and oxygen atoms in total. The molecular formula is C12H9F2N3O2. The number of rotatable bonds is 3. The SMILES string of the molecule is N/C(=N/O)c1ccncc1Oc1cc(F)cc(F)c1. The summed E-state index contributed by atoms with van der Waals surface area (Å²) >= 11 is 0. The number of aromatic nitrogens is 1. The molecule has 0 spiro atoms. The van der Waals surface area contributed by atoms with Gasteiger partial charge in [0.2, 0.25) is 0 Å². The van der Waals surface area contributed by atoms with Crippen LogP contribution in [0.15, 0.2) is 41.8 Å². The van der Waals surface area contributed by atoms with Gasteiger partial charge in [0.15, 0.2) is 11.6 Å². The number of halogens is 2. The number of oxime groups is 1. The minimum atomic E-state index is -0.774. The van der Waals surface area contributed by atoms with Crippen molar-refractivity contribution in [2.75, 3.05) is 0 Å². The Bertz CT molecular complexity index is 612. The fourth-order valence-electron chi connectivity index (χ4n) is 1.44. The van der Waals surface area contributed by atoms with Crippen LogP contribution in [0.4, 0.5) is 8.78 Å². The van der Waals surface area contributed by atoms with Crippen molar-refractivity contribution >= 4 is 5.84 Å². The van der Waals surface area contributed by atoms with E-state index < -0.39 is 11.6 Å². The Hall–Kier alpha value is -2.70. The average Bonchev–Trinajstić information content (AvgIpc) is 2.37. The van der Waals surface area contributed by atoms with Crippen LogP contribution in [0.2, 0.25) is 0 Å². The number of nitrogens with zero attached hydrogens (tertiary/aromatic N) is 2.